The molecule has 0 aliphatic heterocycles. The average Bonchev–Trinajstić information content (AvgIpc) is 2.19. The summed E-state index contributed by atoms with van der Waals surface area (Å²) in [5, 5.41) is 5.26. The van der Waals surface area contributed by atoms with Crippen LogP contribution < -0.4 is 10.9 Å². The SMILES string of the molecule is NC(CCl)=Nc1ccc(Cl)cc1S(N)(=O)=O. The Morgan fingerprint density at radius 2 is 2.06 bits per heavy atom. The van der Waals surface area contributed by atoms with E-state index in [-0.39, 0.29) is 27.3 Å². The van der Waals surface area contributed by atoms with E-state index >= 15 is 0 Å². The molecule has 0 fully saturated rings. The minimum atomic E-state index is -3.90. The summed E-state index contributed by atoms with van der Waals surface area (Å²) in [5.74, 6) is 0.0843. The van der Waals surface area contributed by atoms with Gasteiger partial charge in [-0.2, -0.15) is 0 Å². The Bertz CT molecular complexity index is 528. The number of primary sulfonamides is 1. The zero-order valence-corrected chi connectivity index (χ0v) is 10.4. The molecule has 4 N–H and O–H groups in total. The Balaban J connectivity index is 3.41. The van der Waals surface area contributed by atoms with Gasteiger partial charge in [-0.05, 0) is 18.2 Å². The van der Waals surface area contributed by atoms with E-state index in [0.29, 0.717) is 0 Å². The second kappa shape index (κ2) is 5.01. The van der Waals surface area contributed by atoms with E-state index in [4.69, 9.17) is 34.1 Å². The highest BCUT2D eigenvalue weighted by Crippen LogP contribution is 2.26. The predicted octanol–water partition coefficient (Wildman–Crippen LogP) is 1.21. The minimum absolute atomic E-state index is 0.00726. The van der Waals surface area contributed by atoms with Crippen molar-refractivity contribution < 1.29 is 8.42 Å². The number of hydrogen-bond donors (Lipinski definition) is 2. The van der Waals surface area contributed by atoms with Gasteiger partial charge >= 0.3 is 0 Å². The molecule has 0 atom stereocenters. The van der Waals surface area contributed by atoms with Crippen LogP contribution in [0, 0.1) is 0 Å². The van der Waals surface area contributed by atoms with Gasteiger partial charge < -0.3 is 5.73 Å². The Morgan fingerprint density at radius 3 is 2.56 bits per heavy atom. The third-order valence-electron chi connectivity index (χ3n) is 1.63. The average molecular weight is 282 g/mol. The van der Waals surface area contributed by atoms with Crippen molar-refractivity contribution in [2.24, 2.45) is 15.9 Å². The number of alkyl halides is 1. The lowest BCUT2D eigenvalue weighted by Gasteiger charge is -2.04. The molecular weight excluding hydrogens is 273 g/mol. The topological polar surface area (TPSA) is 98.5 Å². The summed E-state index contributed by atoms with van der Waals surface area (Å²) >= 11 is 11.1. The molecule has 0 aliphatic rings. The van der Waals surface area contributed by atoms with Gasteiger partial charge in [0.1, 0.15) is 10.7 Å². The monoisotopic (exact) mass is 281 g/mol. The van der Waals surface area contributed by atoms with Crippen LogP contribution >= 0.6 is 23.2 Å². The summed E-state index contributed by atoms with van der Waals surface area (Å²) in [5.41, 5.74) is 5.52. The Kier molecular flexibility index (Phi) is 4.15. The van der Waals surface area contributed by atoms with Gasteiger partial charge in [-0.3, -0.25) is 0 Å². The molecule has 1 aromatic rings. The second-order valence-corrected chi connectivity index (χ2v) is 5.13. The van der Waals surface area contributed by atoms with Crippen molar-refractivity contribution in [3.63, 3.8) is 0 Å². The third kappa shape index (κ3) is 3.34. The molecule has 0 saturated heterocycles. The van der Waals surface area contributed by atoms with Crippen molar-refractivity contribution in [1.82, 2.24) is 0 Å². The molecule has 0 saturated carbocycles. The molecule has 0 aliphatic carbocycles. The number of aliphatic imine (C=N–C) groups is 1. The van der Waals surface area contributed by atoms with Crippen LogP contribution in [0.15, 0.2) is 28.1 Å². The van der Waals surface area contributed by atoms with Crippen LogP contribution in [0.25, 0.3) is 0 Å². The minimum Gasteiger partial charge on any atom is -0.386 e. The van der Waals surface area contributed by atoms with Crippen molar-refractivity contribution >= 4 is 44.7 Å². The van der Waals surface area contributed by atoms with E-state index in [1.54, 1.807) is 0 Å². The van der Waals surface area contributed by atoms with E-state index < -0.39 is 10.0 Å². The van der Waals surface area contributed by atoms with E-state index in [9.17, 15) is 8.42 Å². The van der Waals surface area contributed by atoms with Gasteiger partial charge in [0.15, 0.2) is 0 Å². The first-order chi connectivity index (χ1) is 7.34. The van der Waals surface area contributed by atoms with E-state index in [2.05, 4.69) is 4.99 Å². The smallest absolute Gasteiger partial charge is 0.240 e. The van der Waals surface area contributed by atoms with Gasteiger partial charge in [-0.1, -0.05) is 11.6 Å². The van der Waals surface area contributed by atoms with Gasteiger partial charge in [0.25, 0.3) is 0 Å². The van der Waals surface area contributed by atoms with Crippen LogP contribution in [-0.2, 0) is 10.0 Å². The molecule has 8 heteroatoms. The highest BCUT2D eigenvalue weighted by Gasteiger charge is 2.14. The molecule has 0 bridgehead atoms. The number of rotatable bonds is 3. The summed E-state index contributed by atoms with van der Waals surface area (Å²) in [4.78, 5) is 3.64. The fourth-order valence-electron chi connectivity index (χ4n) is 0.993. The molecule has 88 valence electrons. The first-order valence-corrected chi connectivity index (χ1v) is 6.52. The number of halogens is 2. The Labute approximate surface area is 103 Å². The van der Waals surface area contributed by atoms with E-state index in [0.717, 1.165) is 0 Å². The quantitative estimate of drug-likeness (QED) is 0.495. The molecule has 1 rings (SSSR count). The standard InChI is InChI=1S/C8H9Cl2N3O2S/c9-4-8(11)13-6-2-1-5(10)3-7(6)16(12,14)15/h1-3H,4H2,(H2,11,13)(H2,12,14,15). The predicted molar refractivity (Wildman–Crippen MR) is 64.8 cm³/mol. The molecule has 0 radical (unpaired) electrons. The summed E-state index contributed by atoms with van der Waals surface area (Å²) in [6, 6.07) is 4.09. The summed E-state index contributed by atoms with van der Waals surface area (Å²) < 4.78 is 22.5. The Hall–Kier alpha value is -0.820. The number of amidine groups is 1. The van der Waals surface area contributed by atoms with Crippen molar-refractivity contribution in [2.45, 2.75) is 4.90 Å². The lowest BCUT2D eigenvalue weighted by Crippen LogP contribution is -2.15. The first kappa shape index (κ1) is 13.2. The lowest BCUT2D eigenvalue weighted by molar-refractivity contribution is 0.598. The largest absolute Gasteiger partial charge is 0.386 e. The fraction of sp³-hybridized carbons (Fsp3) is 0.125. The number of benzene rings is 1. The maximum atomic E-state index is 11.3. The van der Waals surface area contributed by atoms with Crippen LogP contribution in [-0.4, -0.2) is 20.1 Å². The summed E-state index contributed by atoms with van der Waals surface area (Å²) in [6.07, 6.45) is 0. The van der Waals surface area contributed by atoms with E-state index in [1.807, 2.05) is 0 Å². The maximum Gasteiger partial charge on any atom is 0.240 e. The normalized spacial score (nSPS) is 12.8. The van der Waals surface area contributed by atoms with Gasteiger partial charge in [-0.15, -0.1) is 11.6 Å². The highest BCUT2D eigenvalue weighted by atomic mass is 35.5. The fourth-order valence-corrected chi connectivity index (χ4v) is 1.99. The second-order valence-electron chi connectivity index (χ2n) is 2.89. The number of hydrogen-bond acceptors (Lipinski definition) is 3. The molecule has 0 amide bonds. The van der Waals surface area contributed by atoms with Gasteiger partial charge in [0.05, 0.1) is 11.6 Å². The van der Waals surface area contributed by atoms with Gasteiger partial charge in [0.2, 0.25) is 10.0 Å². The molecule has 5 nitrogen and oxygen atoms in total. The first-order valence-electron chi connectivity index (χ1n) is 4.06. The molecule has 1 aromatic carbocycles. The van der Waals surface area contributed by atoms with Crippen LogP contribution in [0.3, 0.4) is 0 Å². The highest BCUT2D eigenvalue weighted by molar-refractivity contribution is 7.89. The van der Waals surface area contributed by atoms with Crippen molar-refractivity contribution in [3.8, 4) is 0 Å². The molecule has 0 heterocycles. The third-order valence-corrected chi connectivity index (χ3v) is 3.08. The Morgan fingerprint density at radius 1 is 1.44 bits per heavy atom. The summed E-state index contributed by atoms with van der Waals surface area (Å²) in [6.45, 7) is 0. The molecule has 16 heavy (non-hydrogen) atoms. The lowest BCUT2D eigenvalue weighted by atomic mass is 10.3. The molecular formula is C8H9Cl2N3O2S. The zero-order chi connectivity index (χ0) is 12.3. The van der Waals surface area contributed by atoms with Crippen molar-refractivity contribution in [3.05, 3.63) is 23.2 Å². The number of sulfonamides is 1. The zero-order valence-electron chi connectivity index (χ0n) is 8.02. The van der Waals surface area contributed by atoms with Crippen LogP contribution in [0.4, 0.5) is 5.69 Å². The van der Waals surface area contributed by atoms with Crippen molar-refractivity contribution in [2.75, 3.05) is 5.88 Å². The number of nitrogens with zero attached hydrogens (tertiary/aromatic N) is 1. The van der Waals surface area contributed by atoms with E-state index in [1.165, 1.54) is 18.2 Å². The van der Waals surface area contributed by atoms with Gasteiger partial charge in [0, 0.05) is 5.02 Å². The van der Waals surface area contributed by atoms with Crippen molar-refractivity contribution in [1.29, 1.82) is 0 Å². The number of nitrogens with two attached hydrogens (primary N) is 2. The summed E-state index contributed by atoms with van der Waals surface area (Å²) in [7, 11) is -3.90. The molecule has 0 spiro atoms. The van der Waals surface area contributed by atoms with Gasteiger partial charge in [-0.25, -0.2) is 18.5 Å². The molecule has 0 aromatic heterocycles. The molecule has 0 unspecified atom stereocenters. The maximum absolute atomic E-state index is 11.3. The van der Waals surface area contributed by atoms with Crippen LogP contribution in [0.5, 0.6) is 0 Å². The van der Waals surface area contributed by atoms with Crippen LogP contribution in [0.2, 0.25) is 5.02 Å². The van der Waals surface area contributed by atoms with Crippen LogP contribution in [0.1, 0.15) is 0 Å².